The minimum atomic E-state index is -0.825. The lowest BCUT2D eigenvalue weighted by Crippen LogP contribution is -2.30. The van der Waals surface area contributed by atoms with E-state index in [0.29, 0.717) is 54.2 Å². The molecule has 10 heteroatoms. The smallest absolute Gasteiger partial charge is 0.338 e. The first-order valence-corrected chi connectivity index (χ1v) is 17.8. The van der Waals surface area contributed by atoms with Crippen molar-refractivity contribution in [3.63, 3.8) is 0 Å². The highest BCUT2D eigenvalue weighted by atomic mass is 79.9. The summed E-state index contributed by atoms with van der Waals surface area (Å²) >= 11 is 16.3. The van der Waals surface area contributed by atoms with Crippen LogP contribution in [0.15, 0.2) is 89.4 Å². The normalized spacial score (nSPS) is 14.6. The van der Waals surface area contributed by atoms with E-state index in [-0.39, 0.29) is 19.1 Å². The molecular formula is C38H40BrCl2N3O4. The maximum Gasteiger partial charge on any atom is 0.338 e. The molecule has 4 N–H and O–H groups in total. The Bertz CT molecular complexity index is 1700. The third-order valence-electron chi connectivity index (χ3n) is 8.66. The number of rotatable bonds is 13. The summed E-state index contributed by atoms with van der Waals surface area (Å²) in [5.41, 5.74) is 11.1. The summed E-state index contributed by atoms with van der Waals surface area (Å²) in [6, 6.07) is 25.4. The van der Waals surface area contributed by atoms with Crippen molar-refractivity contribution < 1.29 is 19.1 Å². The van der Waals surface area contributed by atoms with E-state index in [4.69, 9.17) is 38.4 Å². The zero-order chi connectivity index (χ0) is 34.0. The third kappa shape index (κ3) is 9.11. The van der Waals surface area contributed by atoms with Gasteiger partial charge in [-0.3, -0.25) is 4.79 Å². The molecule has 1 aliphatic carbocycles. The number of benzene rings is 4. The first-order chi connectivity index (χ1) is 23.2. The number of anilines is 3. The Morgan fingerprint density at radius 2 is 1.62 bits per heavy atom. The molecule has 0 saturated heterocycles. The van der Waals surface area contributed by atoms with Crippen molar-refractivity contribution in [2.75, 3.05) is 24.2 Å². The third-order valence-corrected chi connectivity index (χ3v) is 9.95. The summed E-state index contributed by atoms with van der Waals surface area (Å²) in [6.07, 6.45) is 4.98. The molecule has 0 amide bonds. The van der Waals surface area contributed by atoms with Gasteiger partial charge in [-0.25, -0.2) is 4.79 Å². The Morgan fingerprint density at radius 1 is 0.938 bits per heavy atom. The standard InChI is InChI=1S/C38H40BrCl2N3O4/c1-2-43-36(25-14-7-4-8-15-25)28-20-27(21-29(39)35(28)42)38(46)47-23-33(24-12-5-3-6-13-24)48-34(45)22-26-16-9-10-19-32(26)44-37-30(40)17-11-18-31(37)41/h3,5-6,9-13,16-21,25,33,36,43-44H,2,4,7-8,14-15,22-23,42H2,1H3. The number of para-hydroxylation sites is 2. The van der Waals surface area contributed by atoms with Crippen LogP contribution >= 0.6 is 39.1 Å². The molecule has 2 atom stereocenters. The van der Waals surface area contributed by atoms with E-state index < -0.39 is 18.0 Å². The predicted octanol–water partition coefficient (Wildman–Crippen LogP) is 10.00. The Balaban J connectivity index is 1.31. The Morgan fingerprint density at radius 3 is 2.33 bits per heavy atom. The molecule has 5 rings (SSSR count). The van der Waals surface area contributed by atoms with Crippen LogP contribution in [0.4, 0.5) is 17.1 Å². The van der Waals surface area contributed by atoms with E-state index in [1.165, 1.54) is 19.3 Å². The lowest BCUT2D eigenvalue weighted by Gasteiger charge is -2.32. The number of carbonyl (C=O) groups is 2. The van der Waals surface area contributed by atoms with Gasteiger partial charge in [-0.05, 0) is 88.3 Å². The lowest BCUT2D eigenvalue weighted by atomic mass is 9.80. The van der Waals surface area contributed by atoms with Crippen LogP contribution in [-0.2, 0) is 20.7 Å². The van der Waals surface area contributed by atoms with Crippen molar-refractivity contribution in [1.29, 1.82) is 0 Å². The molecule has 1 fully saturated rings. The summed E-state index contributed by atoms with van der Waals surface area (Å²) in [4.78, 5) is 26.9. The van der Waals surface area contributed by atoms with E-state index in [1.54, 1.807) is 24.3 Å². The van der Waals surface area contributed by atoms with Gasteiger partial charge in [0.05, 0.1) is 33.4 Å². The second-order valence-electron chi connectivity index (χ2n) is 11.9. The van der Waals surface area contributed by atoms with Gasteiger partial charge in [0.25, 0.3) is 0 Å². The highest BCUT2D eigenvalue weighted by Gasteiger charge is 2.28. The largest absolute Gasteiger partial charge is 0.458 e. The average molecular weight is 754 g/mol. The number of hydrogen-bond acceptors (Lipinski definition) is 7. The minimum Gasteiger partial charge on any atom is -0.458 e. The van der Waals surface area contributed by atoms with Gasteiger partial charge in [0.2, 0.25) is 0 Å². The number of halogens is 3. The highest BCUT2D eigenvalue weighted by Crippen LogP contribution is 2.39. The van der Waals surface area contributed by atoms with Crippen molar-refractivity contribution >= 4 is 68.1 Å². The van der Waals surface area contributed by atoms with E-state index in [0.717, 1.165) is 24.9 Å². The van der Waals surface area contributed by atoms with Gasteiger partial charge in [0, 0.05) is 16.2 Å². The van der Waals surface area contributed by atoms with Gasteiger partial charge >= 0.3 is 11.9 Å². The quantitative estimate of drug-likeness (QED) is 0.0923. The van der Waals surface area contributed by atoms with Crippen LogP contribution in [0.2, 0.25) is 10.0 Å². The fourth-order valence-electron chi connectivity index (χ4n) is 6.24. The molecule has 4 aromatic carbocycles. The van der Waals surface area contributed by atoms with E-state index in [2.05, 4.69) is 33.5 Å². The molecule has 48 heavy (non-hydrogen) atoms. The molecule has 7 nitrogen and oxygen atoms in total. The molecule has 0 aromatic heterocycles. The number of carbonyl (C=O) groups excluding carboxylic acids is 2. The molecule has 0 bridgehead atoms. The van der Waals surface area contributed by atoms with Gasteiger partial charge in [-0.15, -0.1) is 0 Å². The maximum atomic E-state index is 13.5. The second kappa shape index (κ2) is 17.2. The van der Waals surface area contributed by atoms with E-state index in [1.807, 2.05) is 60.7 Å². The number of nitrogen functional groups attached to an aromatic ring is 1. The van der Waals surface area contributed by atoms with Gasteiger partial charge in [-0.2, -0.15) is 0 Å². The van der Waals surface area contributed by atoms with Crippen LogP contribution in [-0.4, -0.2) is 25.1 Å². The van der Waals surface area contributed by atoms with Gasteiger partial charge in [0.15, 0.2) is 6.10 Å². The number of esters is 2. The van der Waals surface area contributed by atoms with Crippen molar-refractivity contribution in [3.8, 4) is 0 Å². The summed E-state index contributed by atoms with van der Waals surface area (Å²) in [6.45, 7) is 2.69. The van der Waals surface area contributed by atoms with Crippen LogP contribution in [0.3, 0.4) is 0 Å². The number of nitrogens with two attached hydrogens (primary N) is 1. The molecular weight excluding hydrogens is 713 g/mol. The predicted molar refractivity (Wildman–Crippen MR) is 197 cm³/mol. The fraction of sp³-hybridized carbons (Fsp3) is 0.316. The van der Waals surface area contributed by atoms with Gasteiger partial charge < -0.3 is 25.8 Å². The summed E-state index contributed by atoms with van der Waals surface area (Å²) in [5.74, 6) is -0.583. The lowest BCUT2D eigenvalue weighted by molar-refractivity contribution is -0.150. The van der Waals surface area contributed by atoms with Crippen LogP contribution < -0.4 is 16.4 Å². The molecule has 0 radical (unpaired) electrons. The summed E-state index contributed by atoms with van der Waals surface area (Å²) in [7, 11) is 0. The molecule has 2 unspecified atom stereocenters. The van der Waals surface area contributed by atoms with Crippen molar-refractivity contribution in [1.82, 2.24) is 5.32 Å². The van der Waals surface area contributed by atoms with Crippen LogP contribution in [0, 0.1) is 5.92 Å². The SMILES string of the molecule is CCNC(c1cc(C(=O)OCC(OC(=O)Cc2ccccc2Nc2c(Cl)cccc2Cl)c2ccccc2)cc(Br)c1N)C1CCCCC1. The van der Waals surface area contributed by atoms with E-state index in [9.17, 15) is 9.59 Å². The van der Waals surface area contributed by atoms with Gasteiger partial charge in [0.1, 0.15) is 6.61 Å². The molecule has 252 valence electrons. The molecule has 0 spiro atoms. The zero-order valence-corrected chi connectivity index (χ0v) is 29.9. The molecule has 4 aromatic rings. The first kappa shape index (κ1) is 35.7. The Kier molecular flexibility index (Phi) is 12.8. The van der Waals surface area contributed by atoms with Crippen molar-refractivity contribution in [3.05, 3.63) is 122 Å². The minimum absolute atomic E-state index is 0.0312. The van der Waals surface area contributed by atoms with Crippen LogP contribution in [0.5, 0.6) is 0 Å². The van der Waals surface area contributed by atoms with Gasteiger partial charge in [-0.1, -0.05) is 104 Å². The zero-order valence-electron chi connectivity index (χ0n) is 26.8. The van der Waals surface area contributed by atoms with Crippen LogP contribution in [0.1, 0.15) is 78.2 Å². The van der Waals surface area contributed by atoms with Crippen molar-refractivity contribution in [2.45, 2.75) is 57.6 Å². The second-order valence-corrected chi connectivity index (χ2v) is 13.6. The van der Waals surface area contributed by atoms with E-state index >= 15 is 0 Å². The molecule has 0 aliphatic heterocycles. The number of nitrogens with one attached hydrogen (secondary N) is 2. The first-order valence-electron chi connectivity index (χ1n) is 16.3. The molecule has 1 aliphatic rings. The average Bonchev–Trinajstić information content (AvgIpc) is 3.10. The molecule has 0 heterocycles. The highest BCUT2D eigenvalue weighted by molar-refractivity contribution is 9.10. The monoisotopic (exact) mass is 751 g/mol. The van der Waals surface area contributed by atoms with Crippen molar-refractivity contribution in [2.24, 2.45) is 5.92 Å². The fourth-order valence-corrected chi connectivity index (χ4v) is 7.20. The maximum absolute atomic E-state index is 13.5. The number of ether oxygens (including phenoxy) is 2. The summed E-state index contributed by atoms with van der Waals surface area (Å²) in [5, 5.41) is 7.77. The topological polar surface area (TPSA) is 103 Å². The number of hydrogen-bond donors (Lipinski definition) is 3. The van der Waals surface area contributed by atoms with Crippen LogP contribution in [0.25, 0.3) is 0 Å². The Labute approximate surface area is 300 Å². The molecule has 1 saturated carbocycles. The summed E-state index contributed by atoms with van der Waals surface area (Å²) < 4.78 is 12.4. The Hall–Kier alpha value is -3.56.